The zero-order valence-corrected chi connectivity index (χ0v) is 14.1. The first kappa shape index (κ1) is 20.3. The van der Waals surface area contributed by atoms with Crippen LogP contribution in [0.2, 0.25) is 0 Å². The van der Waals surface area contributed by atoms with Crippen LogP contribution < -0.4 is 25.7 Å². The van der Waals surface area contributed by atoms with Gasteiger partial charge in [-0.05, 0) is 17.7 Å². The summed E-state index contributed by atoms with van der Waals surface area (Å²) in [5.74, 6) is 2.23. The summed E-state index contributed by atoms with van der Waals surface area (Å²) in [6.07, 6.45) is 2.14. The van der Waals surface area contributed by atoms with Crippen molar-refractivity contribution in [1.82, 2.24) is 9.97 Å². The van der Waals surface area contributed by atoms with Crippen LogP contribution in [0.3, 0.4) is 0 Å². The average molecular weight is 352 g/mol. The molecule has 0 fully saturated rings. The molecule has 0 saturated heterocycles. The lowest BCUT2D eigenvalue weighted by atomic mass is 10.1. The topological polar surface area (TPSA) is 166 Å². The molecule has 11 heteroatoms. The molecule has 1 aromatic carbocycles. The van der Waals surface area contributed by atoms with Crippen molar-refractivity contribution < 1.29 is 29.3 Å². The average Bonchev–Trinajstić information content (AvgIpc) is 2.55. The van der Waals surface area contributed by atoms with Gasteiger partial charge < -0.3 is 40.7 Å². The first-order valence-corrected chi connectivity index (χ1v) is 7.02. The van der Waals surface area contributed by atoms with Gasteiger partial charge in [-0.15, -0.1) is 0 Å². The van der Waals surface area contributed by atoms with E-state index in [1.807, 2.05) is 12.1 Å². The third-order valence-corrected chi connectivity index (χ3v) is 3.04. The Morgan fingerprint density at radius 1 is 1.00 bits per heavy atom. The molecule has 0 aliphatic rings. The summed E-state index contributed by atoms with van der Waals surface area (Å²) in [7, 11) is 2.54. The Labute approximate surface area is 145 Å². The van der Waals surface area contributed by atoms with Crippen LogP contribution in [0.4, 0.5) is 11.8 Å². The molecule has 2 rings (SSSR count). The minimum absolute atomic E-state index is 0.154. The lowest BCUT2D eigenvalue weighted by Gasteiger charge is -2.14. The zero-order chi connectivity index (χ0) is 19.0. The number of nitrogens with two attached hydrogens (primary N) is 2. The lowest BCUT2D eigenvalue weighted by molar-refractivity contribution is 0.278. The van der Waals surface area contributed by atoms with Crippen molar-refractivity contribution in [3.05, 3.63) is 29.5 Å². The van der Waals surface area contributed by atoms with Gasteiger partial charge in [-0.2, -0.15) is 4.98 Å². The molecule has 10 nitrogen and oxygen atoms in total. The molecule has 0 unspecified atom stereocenters. The highest BCUT2D eigenvalue weighted by atomic mass is 16.5. The smallest absolute Gasteiger partial charge is 0.493 e. The van der Waals surface area contributed by atoms with Crippen LogP contribution in [0.1, 0.15) is 11.1 Å². The summed E-state index contributed by atoms with van der Waals surface area (Å²) in [5.41, 5.74) is 13.1. The molecule has 1 aromatic heterocycles. The van der Waals surface area contributed by atoms with E-state index in [1.165, 1.54) is 0 Å². The number of hydrogen-bond donors (Lipinski definition) is 5. The third-order valence-electron chi connectivity index (χ3n) is 3.04. The number of ether oxygens (including phenoxy) is 3. The SMILES string of the molecule is COc1cc(Cc2cnc(N)nc2N)cc(OC)c1OC.OB(O)O. The Bertz CT molecular complexity index is 673. The fraction of sp³-hybridized carbons (Fsp3) is 0.286. The Morgan fingerprint density at radius 3 is 1.92 bits per heavy atom. The molecule has 0 aliphatic heterocycles. The molecule has 0 amide bonds. The molecular weight excluding hydrogens is 331 g/mol. The predicted octanol–water partition coefficient (Wildman–Crippen LogP) is -0.794. The normalized spacial score (nSPS) is 9.68. The van der Waals surface area contributed by atoms with E-state index in [4.69, 9.17) is 40.7 Å². The van der Waals surface area contributed by atoms with Gasteiger partial charge in [-0.3, -0.25) is 0 Å². The van der Waals surface area contributed by atoms with Gasteiger partial charge in [-0.1, -0.05) is 0 Å². The van der Waals surface area contributed by atoms with Crippen LogP contribution in [0.15, 0.2) is 18.3 Å². The molecule has 0 bridgehead atoms. The van der Waals surface area contributed by atoms with Crippen molar-refractivity contribution in [3.8, 4) is 17.2 Å². The van der Waals surface area contributed by atoms with E-state index >= 15 is 0 Å². The summed E-state index contributed by atoms with van der Waals surface area (Å²) in [6.45, 7) is 0. The predicted molar refractivity (Wildman–Crippen MR) is 92.2 cm³/mol. The minimum atomic E-state index is -2.17. The van der Waals surface area contributed by atoms with E-state index in [0.717, 1.165) is 11.1 Å². The second-order valence-electron chi connectivity index (χ2n) is 4.70. The third kappa shape index (κ3) is 5.99. The van der Waals surface area contributed by atoms with Gasteiger partial charge in [0.2, 0.25) is 11.7 Å². The summed E-state index contributed by atoms with van der Waals surface area (Å²) in [6, 6.07) is 3.72. The molecule has 1 heterocycles. The zero-order valence-electron chi connectivity index (χ0n) is 14.1. The van der Waals surface area contributed by atoms with E-state index in [2.05, 4.69) is 9.97 Å². The molecule has 136 valence electrons. The quantitative estimate of drug-likeness (QED) is 0.430. The minimum Gasteiger partial charge on any atom is -0.493 e. The number of anilines is 2. The molecule has 0 spiro atoms. The Hall–Kier alpha value is -2.76. The number of nitrogens with zero attached hydrogens (tertiary/aromatic N) is 2. The first-order chi connectivity index (χ1) is 11.8. The molecule has 0 aliphatic carbocycles. The van der Waals surface area contributed by atoms with E-state index in [1.54, 1.807) is 27.5 Å². The number of aromatic nitrogens is 2. The highest BCUT2D eigenvalue weighted by molar-refractivity contribution is 6.30. The van der Waals surface area contributed by atoms with Crippen molar-refractivity contribution in [3.63, 3.8) is 0 Å². The van der Waals surface area contributed by atoms with Crippen LogP contribution in [0, 0.1) is 0 Å². The summed E-state index contributed by atoms with van der Waals surface area (Å²) >= 11 is 0. The monoisotopic (exact) mass is 352 g/mol. The maximum atomic E-state index is 7.17. The second-order valence-corrected chi connectivity index (χ2v) is 4.70. The van der Waals surface area contributed by atoms with Gasteiger partial charge in [0.1, 0.15) is 5.82 Å². The first-order valence-electron chi connectivity index (χ1n) is 7.02. The molecule has 0 saturated carbocycles. The van der Waals surface area contributed by atoms with Crippen molar-refractivity contribution in [1.29, 1.82) is 0 Å². The van der Waals surface area contributed by atoms with E-state index in [0.29, 0.717) is 29.5 Å². The van der Waals surface area contributed by atoms with Crippen molar-refractivity contribution in [2.45, 2.75) is 6.42 Å². The second kappa shape index (κ2) is 9.52. The number of rotatable bonds is 5. The van der Waals surface area contributed by atoms with Gasteiger partial charge in [0, 0.05) is 18.2 Å². The maximum absolute atomic E-state index is 7.17. The van der Waals surface area contributed by atoms with Gasteiger partial charge in [0.15, 0.2) is 11.5 Å². The van der Waals surface area contributed by atoms with E-state index in [9.17, 15) is 0 Å². The fourth-order valence-corrected chi connectivity index (χ4v) is 2.03. The van der Waals surface area contributed by atoms with E-state index in [-0.39, 0.29) is 5.95 Å². The molecule has 25 heavy (non-hydrogen) atoms. The van der Waals surface area contributed by atoms with Crippen molar-refractivity contribution in [2.24, 2.45) is 0 Å². The Balaban J connectivity index is 0.000000705. The number of benzene rings is 1. The van der Waals surface area contributed by atoms with Crippen LogP contribution in [0.5, 0.6) is 17.2 Å². The summed E-state index contributed by atoms with van der Waals surface area (Å²) in [5, 5.41) is 21.5. The van der Waals surface area contributed by atoms with E-state index < -0.39 is 7.32 Å². The summed E-state index contributed by atoms with van der Waals surface area (Å²) < 4.78 is 15.9. The van der Waals surface area contributed by atoms with Gasteiger partial charge in [0.05, 0.1) is 21.3 Å². The van der Waals surface area contributed by atoms with Gasteiger partial charge in [0.25, 0.3) is 0 Å². The van der Waals surface area contributed by atoms with Crippen LogP contribution >= 0.6 is 0 Å². The number of nitrogen functional groups attached to an aromatic ring is 2. The van der Waals surface area contributed by atoms with Crippen LogP contribution in [-0.4, -0.2) is 53.7 Å². The number of methoxy groups -OCH3 is 3. The molecular formula is C14H21BN4O6. The number of hydrogen-bond acceptors (Lipinski definition) is 10. The Kier molecular flexibility index (Phi) is 7.73. The molecule has 0 radical (unpaired) electrons. The molecule has 0 atom stereocenters. The molecule has 7 N–H and O–H groups in total. The Morgan fingerprint density at radius 2 is 1.52 bits per heavy atom. The largest absolute Gasteiger partial charge is 0.631 e. The summed E-state index contributed by atoms with van der Waals surface area (Å²) in [4.78, 5) is 7.90. The molecule has 2 aromatic rings. The van der Waals surface area contributed by atoms with Crippen LogP contribution in [-0.2, 0) is 6.42 Å². The van der Waals surface area contributed by atoms with Gasteiger partial charge >= 0.3 is 7.32 Å². The lowest BCUT2D eigenvalue weighted by Crippen LogP contribution is -2.07. The highest BCUT2D eigenvalue weighted by Gasteiger charge is 2.14. The van der Waals surface area contributed by atoms with Crippen LogP contribution in [0.25, 0.3) is 0 Å². The van der Waals surface area contributed by atoms with Crippen molar-refractivity contribution >= 4 is 19.1 Å². The highest BCUT2D eigenvalue weighted by Crippen LogP contribution is 2.38. The maximum Gasteiger partial charge on any atom is 0.631 e. The van der Waals surface area contributed by atoms with Crippen molar-refractivity contribution in [2.75, 3.05) is 32.8 Å². The standard InChI is InChI=1S/C14H18N4O3.BH3O3/c1-19-10-5-8(6-11(20-2)12(10)21-3)4-9-7-17-14(16)18-13(9)15;2-1(3)4/h5-7H,4H2,1-3H3,(H4,15,16,17,18);2-4H. The van der Waals surface area contributed by atoms with Gasteiger partial charge in [-0.25, -0.2) is 4.98 Å². The fourth-order valence-electron chi connectivity index (χ4n) is 2.03.